The number of anilines is 1. The van der Waals surface area contributed by atoms with E-state index in [0.717, 1.165) is 12.8 Å². The molecule has 3 amide bonds. The summed E-state index contributed by atoms with van der Waals surface area (Å²) in [7, 11) is 0. The Balaban J connectivity index is 1.39. The fourth-order valence-corrected chi connectivity index (χ4v) is 2.79. The first-order valence-corrected chi connectivity index (χ1v) is 10.2. The average molecular weight is 444 g/mol. The molecule has 0 bridgehead atoms. The van der Waals surface area contributed by atoms with Crippen molar-refractivity contribution in [3.8, 4) is 0 Å². The van der Waals surface area contributed by atoms with Crippen LogP contribution in [0.3, 0.4) is 0 Å². The highest BCUT2D eigenvalue weighted by molar-refractivity contribution is 6.30. The van der Waals surface area contributed by atoms with Crippen LogP contribution in [-0.4, -0.2) is 42.9 Å². The van der Waals surface area contributed by atoms with Gasteiger partial charge in [0.25, 0.3) is 17.7 Å². The van der Waals surface area contributed by atoms with E-state index < -0.39 is 18.5 Å². The van der Waals surface area contributed by atoms with Gasteiger partial charge in [0, 0.05) is 23.2 Å². The molecule has 0 saturated heterocycles. The maximum atomic E-state index is 12.3. The van der Waals surface area contributed by atoms with Crippen LogP contribution in [0.1, 0.15) is 40.0 Å². The van der Waals surface area contributed by atoms with E-state index >= 15 is 0 Å². The molecule has 0 aliphatic heterocycles. The van der Waals surface area contributed by atoms with Gasteiger partial charge in [-0.05, 0) is 49.2 Å². The fraction of sp³-hybridized carbons (Fsp3) is 0.273. The number of para-hydroxylation sites is 1. The molecular weight excluding hydrogens is 422 g/mol. The van der Waals surface area contributed by atoms with Gasteiger partial charge in [-0.3, -0.25) is 19.2 Å². The summed E-state index contributed by atoms with van der Waals surface area (Å²) in [6.45, 7) is -0.436. The minimum atomic E-state index is -0.633. The Morgan fingerprint density at radius 1 is 0.968 bits per heavy atom. The summed E-state index contributed by atoms with van der Waals surface area (Å²) in [5.41, 5.74) is 1.11. The first-order chi connectivity index (χ1) is 14.9. The van der Waals surface area contributed by atoms with E-state index in [9.17, 15) is 19.2 Å². The number of hydrogen-bond acceptors (Lipinski definition) is 5. The van der Waals surface area contributed by atoms with E-state index in [4.69, 9.17) is 16.3 Å². The van der Waals surface area contributed by atoms with Crippen molar-refractivity contribution in [3.05, 3.63) is 64.7 Å². The summed E-state index contributed by atoms with van der Waals surface area (Å²) >= 11 is 5.77. The highest BCUT2D eigenvalue weighted by Gasteiger charge is 2.25. The molecule has 8 nitrogen and oxygen atoms in total. The van der Waals surface area contributed by atoms with Crippen molar-refractivity contribution < 1.29 is 23.9 Å². The number of benzene rings is 2. The molecule has 1 fully saturated rings. The molecule has 0 unspecified atom stereocenters. The highest BCUT2D eigenvalue weighted by atomic mass is 35.5. The Labute approximate surface area is 184 Å². The number of ether oxygens (including phenoxy) is 1. The first-order valence-electron chi connectivity index (χ1n) is 9.81. The van der Waals surface area contributed by atoms with E-state index in [1.54, 1.807) is 48.5 Å². The number of carbonyl (C=O) groups excluding carboxylic acids is 4. The van der Waals surface area contributed by atoms with Crippen LogP contribution in [0.5, 0.6) is 0 Å². The van der Waals surface area contributed by atoms with Crippen LogP contribution in [0.4, 0.5) is 5.69 Å². The summed E-state index contributed by atoms with van der Waals surface area (Å²) in [5, 5.41) is 8.56. The molecule has 31 heavy (non-hydrogen) atoms. The number of nitrogens with one attached hydrogen (secondary N) is 3. The van der Waals surface area contributed by atoms with Gasteiger partial charge in [0.1, 0.15) is 0 Å². The van der Waals surface area contributed by atoms with E-state index in [0.29, 0.717) is 21.8 Å². The lowest BCUT2D eigenvalue weighted by Gasteiger charge is -2.11. The summed E-state index contributed by atoms with van der Waals surface area (Å²) in [4.78, 5) is 48.2. The van der Waals surface area contributed by atoms with Crippen LogP contribution in [0.25, 0.3) is 0 Å². The zero-order valence-corrected chi connectivity index (χ0v) is 17.4. The molecule has 9 heteroatoms. The minimum absolute atomic E-state index is 0.0616. The molecule has 0 radical (unpaired) electrons. The van der Waals surface area contributed by atoms with E-state index in [1.165, 1.54) is 0 Å². The molecule has 0 aromatic heterocycles. The lowest BCUT2D eigenvalue weighted by molar-refractivity contribution is -0.147. The molecule has 2 aromatic carbocycles. The van der Waals surface area contributed by atoms with Crippen molar-refractivity contribution in [1.82, 2.24) is 10.6 Å². The lowest BCUT2D eigenvalue weighted by atomic mass is 10.1. The second-order valence-corrected chi connectivity index (χ2v) is 7.45. The SMILES string of the molecule is O=C(COC(=O)CCNC(=O)c1ccc(Cl)cc1)Nc1ccccc1C(=O)NC1CC1. The lowest BCUT2D eigenvalue weighted by Crippen LogP contribution is -2.29. The van der Waals surface area contributed by atoms with Crippen LogP contribution in [-0.2, 0) is 14.3 Å². The highest BCUT2D eigenvalue weighted by Crippen LogP contribution is 2.21. The Kier molecular flexibility index (Phi) is 7.61. The molecule has 3 rings (SSSR count). The Hall–Kier alpha value is -3.39. The number of hydrogen-bond donors (Lipinski definition) is 3. The third-order valence-corrected chi connectivity index (χ3v) is 4.70. The van der Waals surface area contributed by atoms with Gasteiger partial charge >= 0.3 is 5.97 Å². The van der Waals surface area contributed by atoms with Crippen molar-refractivity contribution >= 4 is 41.0 Å². The molecule has 0 spiro atoms. The van der Waals surface area contributed by atoms with Gasteiger partial charge in [-0.2, -0.15) is 0 Å². The van der Waals surface area contributed by atoms with Crippen molar-refractivity contribution in [3.63, 3.8) is 0 Å². The van der Waals surface area contributed by atoms with Gasteiger partial charge in [0.15, 0.2) is 6.61 Å². The van der Waals surface area contributed by atoms with Gasteiger partial charge in [-0.25, -0.2) is 0 Å². The topological polar surface area (TPSA) is 114 Å². The quantitative estimate of drug-likeness (QED) is 0.515. The predicted octanol–water partition coefficient (Wildman–Crippen LogP) is 2.53. The van der Waals surface area contributed by atoms with Gasteiger partial charge in [0.05, 0.1) is 17.7 Å². The molecule has 2 aromatic rings. The van der Waals surface area contributed by atoms with Crippen LogP contribution < -0.4 is 16.0 Å². The third-order valence-electron chi connectivity index (χ3n) is 4.44. The van der Waals surface area contributed by atoms with Crippen molar-refractivity contribution in [2.75, 3.05) is 18.5 Å². The summed E-state index contributed by atoms with van der Waals surface area (Å²) in [5.74, 6) is -1.80. The standard InChI is InChI=1S/C22H22ClN3O5/c23-15-7-5-14(6-8-15)21(29)24-12-11-20(28)31-13-19(27)26-18-4-2-1-3-17(18)22(30)25-16-9-10-16/h1-8,16H,9-13H2,(H,24,29)(H,25,30)(H,26,27). The van der Waals surface area contributed by atoms with Crippen LogP contribution in [0, 0.1) is 0 Å². The third kappa shape index (κ3) is 7.11. The number of amides is 3. The molecule has 0 atom stereocenters. The van der Waals surface area contributed by atoms with Crippen LogP contribution in [0.2, 0.25) is 5.02 Å². The molecule has 0 heterocycles. The van der Waals surface area contributed by atoms with Crippen molar-refractivity contribution in [2.24, 2.45) is 0 Å². The van der Waals surface area contributed by atoms with Gasteiger partial charge in [0.2, 0.25) is 0 Å². The van der Waals surface area contributed by atoms with Crippen molar-refractivity contribution in [1.29, 1.82) is 0 Å². The Bertz CT molecular complexity index is 973. The fourth-order valence-electron chi connectivity index (χ4n) is 2.67. The number of rotatable bonds is 9. The van der Waals surface area contributed by atoms with E-state index in [2.05, 4.69) is 16.0 Å². The summed E-state index contributed by atoms with van der Waals surface area (Å²) in [6, 6.07) is 13.1. The van der Waals surface area contributed by atoms with E-state index in [-0.39, 0.29) is 30.8 Å². The monoisotopic (exact) mass is 443 g/mol. The zero-order chi connectivity index (χ0) is 22.2. The maximum Gasteiger partial charge on any atom is 0.308 e. The number of carbonyl (C=O) groups is 4. The predicted molar refractivity (Wildman–Crippen MR) is 115 cm³/mol. The van der Waals surface area contributed by atoms with Gasteiger partial charge in [-0.1, -0.05) is 23.7 Å². The second-order valence-electron chi connectivity index (χ2n) is 7.01. The molecule has 1 aliphatic rings. The van der Waals surface area contributed by atoms with Gasteiger partial charge < -0.3 is 20.7 Å². The summed E-state index contributed by atoms with van der Waals surface area (Å²) in [6.07, 6.45) is 1.82. The first kappa shape index (κ1) is 22.3. The molecule has 162 valence electrons. The maximum absolute atomic E-state index is 12.3. The van der Waals surface area contributed by atoms with E-state index in [1.807, 2.05) is 0 Å². The number of esters is 1. The second kappa shape index (κ2) is 10.6. The molecule has 1 saturated carbocycles. The number of halogens is 1. The van der Waals surface area contributed by atoms with Gasteiger partial charge in [-0.15, -0.1) is 0 Å². The average Bonchev–Trinajstić information content (AvgIpc) is 3.57. The smallest absolute Gasteiger partial charge is 0.308 e. The van der Waals surface area contributed by atoms with Crippen LogP contribution >= 0.6 is 11.6 Å². The normalized spacial score (nSPS) is 12.5. The molecular formula is C22H22ClN3O5. The molecule has 3 N–H and O–H groups in total. The summed E-state index contributed by atoms with van der Waals surface area (Å²) < 4.78 is 4.93. The largest absolute Gasteiger partial charge is 0.456 e. The Morgan fingerprint density at radius 2 is 1.68 bits per heavy atom. The van der Waals surface area contributed by atoms with Crippen LogP contribution in [0.15, 0.2) is 48.5 Å². The van der Waals surface area contributed by atoms with Crippen molar-refractivity contribution in [2.45, 2.75) is 25.3 Å². The Morgan fingerprint density at radius 3 is 2.39 bits per heavy atom. The minimum Gasteiger partial charge on any atom is -0.456 e. The zero-order valence-electron chi connectivity index (χ0n) is 16.7. The molecule has 1 aliphatic carbocycles.